The molecule has 3 aromatic rings. The fourth-order valence-corrected chi connectivity index (χ4v) is 3.10. The van der Waals surface area contributed by atoms with Crippen LogP contribution in [-0.2, 0) is 6.42 Å². The number of aromatic nitrogens is 1. The highest BCUT2D eigenvalue weighted by Gasteiger charge is 2.19. The van der Waals surface area contributed by atoms with Crippen LogP contribution in [0.2, 0.25) is 0 Å². The van der Waals surface area contributed by atoms with Crippen LogP contribution in [0, 0.1) is 6.92 Å². The standard InChI is InChI=1S/C21H18N2O/c1-14-5-3-6-16(11-14)21-18-13-17(24-2)9-8-15(18)12-20-19(23-21)7-4-10-22-20/h3-11,13H,12H2,1-2H3. The molecule has 24 heavy (non-hydrogen) atoms. The molecule has 4 rings (SSSR count). The van der Waals surface area contributed by atoms with E-state index in [-0.39, 0.29) is 0 Å². The topological polar surface area (TPSA) is 34.5 Å². The van der Waals surface area contributed by atoms with E-state index >= 15 is 0 Å². The van der Waals surface area contributed by atoms with Crippen molar-refractivity contribution >= 4 is 11.4 Å². The van der Waals surface area contributed by atoms with Crippen molar-refractivity contribution in [2.75, 3.05) is 7.11 Å². The maximum Gasteiger partial charge on any atom is 0.119 e. The van der Waals surface area contributed by atoms with Gasteiger partial charge in [0.25, 0.3) is 0 Å². The van der Waals surface area contributed by atoms with E-state index in [0.717, 1.165) is 40.4 Å². The Morgan fingerprint density at radius 1 is 1.00 bits per heavy atom. The van der Waals surface area contributed by atoms with Gasteiger partial charge in [-0.25, -0.2) is 4.99 Å². The lowest BCUT2D eigenvalue weighted by Gasteiger charge is -2.12. The van der Waals surface area contributed by atoms with Crippen molar-refractivity contribution in [2.45, 2.75) is 13.3 Å². The molecule has 1 aliphatic rings. The lowest BCUT2D eigenvalue weighted by Crippen LogP contribution is -2.06. The van der Waals surface area contributed by atoms with E-state index in [0.29, 0.717) is 0 Å². The summed E-state index contributed by atoms with van der Waals surface area (Å²) < 4.78 is 5.44. The Balaban J connectivity index is 1.99. The molecule has 3 heteroatoms. The summed E-state index contributed by atoms with van der Waals surface area (Å²) in [5, 5.41) is 0. The summed E-state index contributed by atoms with van der Waals surface area (Å²) in [7, 11) is 1.69. The zero-order chi connectivity index (χ0) is 16.5. The Hall–Kier alpha value is -2.94. The lowest BCUT2D eigenvalue weighted by atomic mass is 9.95. The normalized spacial score (nSPS) is 12.7. The lowest BCUT2D eigenvalue weighted by molar-refractivity contribution is 0.414. The molecule has 1 aliphatic heterocycles. The molecule has 2 aromatic carbocycles. The molecule has 0 aliphatic carbocycles. The molecule has 0 N–H and O–H groups in total. The second-order valence-electron chi connectivity index (χ2n) is 6.00. The molecule has 3 nitrogen and oxygen atoms in total. The number of hydrogen-bond donors (Lipinski definition) is 0. The number of pyridine rings is 1. The molecule has 0 bridgehead atoms. The summed E-state index contributed by atoms with van der Waals surface area (Å²) >= 11 is 0. The summed E-state index contributed by atoms with van der Waals surface area (Å²) in [5.41, 5.74) is 7.57. The summed E-state index contributed by atoms with van der Waals surface area (Å²) in [6.07, 6.45) is 2.60. The third kappa shape index (κ3) is 2.58. The van der Waals surface area contributed by atoms with Gasteiger partial charge in [-0.15, -0.1) is 0 Å². The van der Waals surface area contributed by atoms with Gasteiger partial charge in [0.1, 0.15) is 5.75 Å². The third-order valence-electron chi connectivity index (χ3n) is 4.32. The molecule has 1 aromatic heterocycles. The van der Waals surface area contributed by atoms with Gasteiger partial charge >= 0.3 is 0 Å². The SMILES string of the molecule is COc1ccc2c(c1)C(c1cccc(C)c1)=Nc1cccnc1C2. The third-order valence-corrected chi connectivity index (χ3v) is 4.32. The smallest absolute Gasteiger partial charge is 0.119 e. The van der Waals surface area contributed by atoms with E-state index in [2.05, 4.69) is 48.3 Å². The van der Waals surface area contributed by atoms with E-state index in [1.807, 2.05) is 24.4 Å². The predicted molar refractivity (Wildman–Crippen MR) is 96.5 cm³/mol. The van der Waals surface area contributed by atoms with Crippen LogP contribution in [0.3, 0.4) is 0 Å². The van der Waals surface area contributed by atoms with Crippen LogP contribution in [0.1, 0.15) is 27.9 Å². The zero-order valence-electron chi connectivity index (χ0n) is 13.8. The number of hydrogen-bond acceptors (Lipinski definition) is 3. The van der Waals surface area contributed by atoms with Crippen LogP contribution in [0.25, 0.3) is 0 Å². The van der Waals surface area contributed by atoms with Crippen LogP contribution >= 0.6 is 0 Å². The molecule has 118 valence electrons. The first-order valence-electron chi connectivity index (χ1n) is 8.01. The number of rotatable bonds is 2. The Morgan fingerprint density at radius 3 is 2.75 bits per heavy atom. The molecule has 0 saturated carbocycles. The number of nitrogens with zero attached hydrogens (tertiary/aromatic N) is 2. The summed E-state index contributed by atoms with van der Waals surface area (Å²) in [5.74, 6) is 0.841. The van der Waals surface area contributed by atoms with Crippen molar-refractivity contribution in [3.05, 3.63) is 88.7 Å². The number of aryl methyl sites for hydroxylation is 1. The van der Waals surface area contributed by atoms with Crippen LogP contribution in [0.15, 0.2) is 65.8 Å². The molecule has 0 amide bonds. The van der Waals surface area contributed by atoms with Gasteiger partial charge in [0.15, 0.2) is 0 Å². The first kappa shape index (κ1) is 14.6. The molecule has 0 radical (unpaired) electrons. The van der Waals surface area contributed by atoms with Crippen molar-refractivity contribution in [3.63, 3.8) is 0 Å². The monoisotopic (exact) mass is 314 g/mol. The van der Waals surface area contributed by atoms with Gasteiger partial charge < -0.3 is 4.74 Å². The van der Waals surface area contributed by atoms with Crippen molar-refractivity contribution in [1.82, 2.24) is 4.98 Å². The van der Waals surface area contributed by atoms with E-state index in [1.54, 1.807) is 7.11 Å². The minimum atomic E-state index is 0.772. The van der Waals surface area contributed by atoms with Gasteiger partial charge in [0.05, 0.1) is 24.2 Å². The highest BCUT2D eigenvalue weighted by molar-refractivity contribution is 6.15. The van der Waals surface area contributed by atoms with Crippen molar-refractivity contribution in [2.24, 2.45) is 4.99 Å². The van der Waals surface area contributed by atoms with E-state index < -0.39 is 0 Å². The first-order valence-corrected chi connectivity index (χ1v) is 8.01. The van der Waals surface area contributed by atoms with Gasteiger partial charge in [-0.3, -0.25) is 4.98 Å². The van der Waals surface area contributed by atoms with Crippen molar-refractivity contribution < 1.29 is 4.74 Å². The second-order valence-corrected chi connectivity index (χ2v) is 6.00. The van der Waals surface area contributed by atoms with Gasteiger partial charge in [-0.2, -0.15) is 0 Å². The van der Waals surface area contributed by atoms with E-state index in [1.165, 1.54) is 11.1 Å². The number of fused-ring (bicyclic) bond motifs is 2. The average molecular weight is 314 g/mol. The summed E-state index contributed by atoms with van der Waals surface area (Å²) in [4.78, 5) is 9.49. The molecule has 0 unspecified atom stereocenters. The average Bonchev–Trinajstić information content (AvgIpc) is 2.77. The Kier molecular flexibility index (Phi) is 3.62. The van der Waals surface area contributed by atoms with Crippen LogP contribution in [0.5, 0.6) is 5.75 Å². The van der Waals surface area contributed by atoms with Crippen molar-refractivity contribution in [3.8, 4) is 5.75 Å². The molecule has 0 saturated heterocycles. The zero-order valence-corrected chi connectivity index (χ0v) is 13.8. The fraction of sp³-hybridized carbons (Fsp3) is 0.143. The Labute approximate surface area is 141 Å². The van der Waals surface area contributed by atoms with Gasteiger partial charge in [-0.1, -0.05) is 29.8 Å². The molecular formula is C21H18N2O. The number of benzene rings is 2. The highest BCUT2D eigenvalue weighted by Crippen LogP contribution is 2.31. The minimum Gasteiger partial charge on any atom is -0.497 e. The summed E-state index contributed by atoms with van der Waals surface area (Å²) in [6.45, 7) is 2.10. The van der Waals surface area contributed by atoms with Gasteiger partial charge in [-0.05, 0) is 42.8 Å². The highest BCUT2D eigenvalue weighted by atomic mass is 16.5. The predicted octanol–water partition coefficient (Wildman–Crippen LogP) is 4.47. The molecular weight excluding hydrogens is 296 g/mol. The maximum atomic E-state index is 5.44. The largest absolute Gasteiger partial charge is 0.497 e. The van der Waals surface area contributed by atoms with E-state index in [4.69, 9.17) is 9.73 Å². The number of methoxy groups -OCH3 is 1. The number of ether oxygens (including phenoxy) is 1. The van der Waals surface area contributed by atoms with Crippen LogP contribution in [-0.4, -0.2) is 17.8 Å². The molecule has 0 fully saturated rings. The summed E-state index contributed by atoms with van der Waals surface area (Å²) in [6, 6.07) is 18.6. The quantitative estimate of drug-likeness (QED) is 0.547. The van der Waals surface area contributed by atoms with Gasteiger partial charge in [0, 0.05) is 23.7 Å². The van der Waals surface area contributed by atoms with Gasteiger partial charge in [0.2, 0.25) is 0 Å². The molecule has 2 heterocycles. The Morgan fingerprint density at radius 2 is 1.92 bits per heavy atom. The first-order chi connectivity index (χ1) is 11.7. The Bertz CT molecular complexity index is 944. The molecule has 0 atom stereocenters. The van der Waals surface area contributed by atoms with Crippen molar-refractivity contribution in [1.29, 1.82) is 0 Å². The second kappa shape index (κ2) is 5.93. The minimum absolute atomic E-state index is 0.772. The molecule has 0 spiro atoms. The maximum absolute atomic E-state index is 5.44. The number of aliphatic imine (C=N–C) groups is 1. The van der Waals surface area contributed by atoms with E-state index in [9.17, 15) is 0 Å². The van der Waals surface area contributed by atoms with Crippen LogP contribution < -0.4 is 4.74 Å². The fourth-order valence-electron chi connectivity index (χ4n) is 3.10. The van der Waals surface area contributed by atoms with Crippen LogP contribution in [0.4, 0.5) is 5.69 Å².